The molecule has 3 rings (SSSR count). The number of amides is 1. The highest BCUT2D eigenvalue weighted by Gasteiger charge is 2.22. The van der Waals surface area contributed by atoms with Crippen molar-refractivity contribution in [1.29, 1.82) is 0 Å². The van der Waals surface area contributed by atoms with Crippen LogP contribution >= 0.6 is 0 Å². The van der Waals surface area contributed by atoms with Gasteiger partial charge in [-0.15, -0.1) is 10.2 Å². The maximum absolute atomic E-state index is 12.7. The summed E-state index contributed by atoms with van der Waals surface area (Å²) in [6.07, 6.45) is 4.32. The van der Waals surface area contributed by atoms with E-state index >= 15 is 0 Å². The van der Waals surface area contributed by atoms with Crippen molar-refractivity contribution in [2.24, 2.45) is 5.92 Å². The fourth-order valence-corrected chi connectivity index (χ4v) is 3.05. The van der Waals surface area contributed by atoms with Gasteiger partial charge in [0.2, 0.25) is 0 Å². The predicted molar refractivity (Wildman–Crippen MR) is 113 cm³/mol. The van der Waals surface area contributed by atoms with Crippen LogP contribution in [0.2, 0.25) is 0 Å². The predicted octanol–water partition coefficient (Wildman–Crippen LogP) is 3.02. The Morgan fingerprint density at radius 2 is 1.82 bits per heavy atom. The molecule has 1 saturated heterocycles. The highest BCUT2D eigenvalue weighted by atomic mass is 16.2. The summed E-state index contributed by atoms with van der Waals surface area (Å²) >= 11 is 0. The van der Waals surface area contributed by atoms with E-state index in [9.17, 15) is 4.79 Å². The molecule has 1 aliphatic heterocycles. The van der Waals surface area contributed by atoms with E-state index in [0.717, 1.165) is 26.2 Å². The van der Waals surface area contributed by atoms with E-state index < -0.39 is 0 Å². The molecule has 2 heterocycles. The van der Waals surface area contributed by atoms with Crippen LogP contribution in [-0.4, -0.2) is 65.2 Å². The molecule has 0 radical (unpaired) electrons. The van der Waals surface area contributed by atoms with Crippen LogP contribution in [0, 0.1) is 5.92 Å². The number of piperazine rings is 1. The van der Waals surface area contributed by atoms with Gasteiger partial charge in [-0.05, 0) is 23.6 Å². The number of carbonyl (C=O) groups is 1. The Morgan fingerprint density at radius 3 is 2.46 bits per heavy atom. The minimum atomic E-state index is -0.0395. The van der Waals surface area contributed by atoms with E-state index in [-0.39, 0.29) is 5.91 Å². The molecule has 2 aromatic rings. The van der Waals surface area contributed by atoms with Gasteiger partial charge in [-0.2, -0.15) is 0 Å². The van der Waals surface area contributed by atoms with Gasteiger partial charge in [0.25, 0.3) is 5.91 Å². The Kier molecular flexibility index (Phi) is 7.14. The quantitative estimate of drug-likeness (QED) is 0.801. The summed E-state index contributed by atoms with van der Waals surface area (Å²) < 4.78 is 0. The van der Waals surface area contributed by atoms with Crippen molar-refractivity contribution in [3.8, 4) is 0 Å². The summed E-state index contributed by atoms with van der Waals surface area (Å²) in [4.78, 5) is 16.9. The Morgan fingerprint density at radius 1 is 1.07 bits per heavy atom. The minimum Gasteiger partial charge on any atom is -0.368 e. The van der Waals surface area contributed by atoms with Crippen molar-refractivity contribution >= 4 is 17.8 Å². The lowest BCUT2D eigenvalue weighted by atomic mass is 10.2. The number of carbonyl (C=O) groups excluding carboxylic acids is 1. The van der Waals surface area contributed by atoms with Gasteiger partial charge < -0.3 is 10.2 Å². The molecule has 1 aromatic heterocycles. The molecule has 0 unspecified atom stereocenters. The second-order valence-corrected chi connectivity index (χ2v) is 7.48. The smallest absolute Gasteiger partial charge is 0.274 e. The van der Waals surface area contributed by atoms with Crippen LogP contribution in [0.4, 0.5) is 5.82 Å². The van der Waals surface area contributed by atoms with E-state index in [4.69, 9.17) is 0 Å². The second kappa shape index (κ2) is 9.99. The molecule has 6 nitrogen and oxygen atoms in total. The normalized spacial score (nSPS) is 15.3. The summed E-state index contributed by atoms with van der Waals surface area (Å²) in [5.74, 6) is 1.20. The highest BCUT2D eigenvalue weighted by Crippen LogP contribution is 2.10. The first kappa shape index (κ1) is 20.0. The number of benzene rings is 1. The molecule has 0 saturated carbocycles. The molecule has 28 heavy (non-hydrogen) atoms. The van der Waals surface area contributed by atoms with Crippen LogP contribution in [0.3, 0.4) is 0 Å². The Bertz CT molecular complexity index is 765. The van der Waals surface area contributed by atoms with Gasteiger partial charge in [-0.3, -0.25) is 9.69 Å². The molecule has 0 bridgehead atoms. The zero-order valence-electron chi connectivity index (χ0n) is 16.7. The van der Waals surface area contributed by atoms with E-state index in [0.29, 0.717) is 30.5 Å². The second-order valence-electron chi connectivity index (χ2n) is 7.48. The number of anilines is 1. The first-order chi connectivity index (χ1) is 13.6. The molecule has 1 N–H and O–H groups in total. The third-order valence-electron chi connectivity index (χ3n) is 4.71. The fourth-order valence-electron chi connectivity index (χ4n) is 3.05. The average molecular weight is 380 g/mol. The lowest BCUT2D eigenvalue weighted by Crippen LogP contribution is -2.48. The number of aromatic nitrogens is 2. The number of nitrogens with one attached hydrogen (secondary N) is 1. The van der Waals surface area contributed by atoms with Crippen molar-refractivity contribution < 1.29 is 4.79 Å². The van der Waals surface area contributed by atoms with Gasteiger partial charge in [0.15, 0.2) is 5.69 Å². The van der Waals surface area contributed by atoms with Crippen LogP contribution in [0.5, 0.6) is 0 Å². The van der Waals surface area contributed by atoms with Crippen LogP contribution in [0.25, 0.3) is 6.08 Å². The number of hydrogen-bond donors (Lipinski definition) is 1. The number of nitrogens with zero attached hydrogens (tertiary/aromatic N) is 4. The zero-order valence-corrected chi connectivity index (χ0v) is 16.7. The largest absolute Gasteiger partial charge is 0.368 e. The summed E-state index contributed by atoms with van der Waals surface area (Å²) in [6.45, 7) is 9.17. The lowest BCUT2D eigenvalue weighted by Gasteiger charge is -2.33. The monoisotopic (exact) mass is 379 g/mol. The van der Waals surface area contributed by atoms with E-state index in [2.05, 4.69) is 58.5 Å². The van der Waals surface area contributed by atoms with Crippen molar-refractivity contribution in [3.05, 3.63) is 59.8 Å². The topological polar surface area (TPSA) is 61.4 Å². The third kappa shape index (κ3) is 5.89. The molecule has 1 aromatic carbocycles. The summed E-state index contributed by atoms with van der Waals surface area (Å²) in [6, 6.07) is 13.9. The standard InChI is InChI=1S/C22H29N5O/c1-18(2)17-23-21-11-10-20(24-25-21)22(28)27-15-13-26(14-16-27)12-6-9-19-7-4-3-5-8-19/h3-11,18H,12-17H2,1-2H3,(H,23,25)/b9-6+. The summed E-state index contributed by atoms with van der Waals surface area (Å²) in [5, 5.41) is 11.4. The first-order valence-electron chi connectivity index (χ1n) is 9.92. The van der Waals surface area contributed by atoms with E-state index in [1.165, 1.54) is 5.56 Å². The van der Waals surface area contributed by atoms with Gasteiger partial charge in [-0.25, -0.2) is 0 Å². The van der Waals surface area contributed by atoms with Crippen molar-refractivity contribution in [2.45, 2.75) is 13.8 Å². The molecule has 1 fully saturated rings. The third-order valence-corrected chi connectivity index (χ3v) is 4.71. The molecular weight excluding hydrogens is 350 g/mol. The molecule has 1 amide bonds. The van der Waals surface area contributed by atoms with Gasteiger partial charge >= 0.3 is 0 Å². The maximum Gasteiger partial charge on any atom is 0.274 e. The zero-order chi connectivity index (χ0) is 19.8. The van der Waals surface area contributed by atoms with E-state index in [1.807, 2.05) is 29.2 Å². The molecule has 1 aliphatic rings. The minimum absolute atomic E-state index is 0.0395. The Hall–Kier alpha value is -2.73. The molecule has 6 heteroatoms. The number of hydrogen-bond acceptors (Lipinski definition) is 5. The lowest BCUT2D eigenvalue weighted by molar-refractivity contribution is 0.0643. The first-order valence-corrected chi connectivity index (χ1v) is 9.92. The van der Waals surface area contributed by atoms with Crippen molar-refractivity contribution in [2.75, 3.05) is 44.6 Å². The average Bonchev–Trinajstić information content (AvgIpc) is 2.73. The van der Waals surface area contributed by atoms with E-state index in [1.54, 1.807) is 6.07 Å². The molecule has 0 aliphatic carbocycles. The molecule has 148 valence electrons. The Balaban J connectivity index is 1.45. The van der Waals surface area contributed by atoms with Gasteiger partial charge in [0.1, 0.15) is 5.82 Å². The van der Waals surface area contributed by atoms with Gasteiger partial charge in [0, 0.05) is 39.3 Å². The maximum atomic E-state index is 12.7. The van der Waals surface area contributed by atoms with Crippen LogP contribution < -0.4 is 5.32 Å². The van der Waals surface area contributed by atoms with Crippen LogP contribution in [0.1, 0.15) is 29.9 Å². The summed E-state index contributed by atoms with van der Waals surface area (Å²) in [5.41, 5.74) is 1.62. The van der Waals surface area contributed by atoms with Crippen LogP contribution in [-0.2, 0) is 0 Å². The molecular formula is C22H29N5O. The van der Waals surface area contributed by atoms with Gasteiger partial charge in [-0.1, -0.05) is 56.3 Å². The van der Waals surface area contributed by atoms with Gasteiger partial charge in [0.05, 0.1) is 0 Å². The highest BCUT2D eigenvalue weighted by molar-refractivity contribution is 5.92. The number of rotatable bonds is 7. The Labute approximate surface area is 167 Å². The van der Waals surface area contributed by atoms with Crippen molar-refractivity contribution in [3.63, 3.8) is 0 Å². The molecule has 0 spiro atoms. The SMILES string of the molecule is CC(C)CNc1ccc(C(=O)N2CCN(C/C=C/c3ccccc3)CC2)nn1. The summed E-state index contributed by atoms with van der Waals surface area (Å²) in [7, 11) is 0. The van der Waals surface area contributed by atoms with Crippen LogP contribution in [0.15, 0.2) is 48.5 Å². The van der Waals surface area contributed by atoms with Crippen molar-refractivity contribution in [1.82, 2.24) is 20.0 Å². The fraction of sp³-hybridized carbons (Fsp3) is 0.409. The molecule has 0 atom stereocenters.